The zero-order chi connectivity index (χ0) is 18.1. The van der Waals surface area contributed by atoms with Crippen LogP contribution in [-0.4, -0.2) is 38.9 Å². The highest BCUT2D eigenvalue weighted by Gasteiger charge is 2.53. The lowest BCUT2D eigenvalue weighted by molar-refractivity contribution is -0.138. The molecule has 2 amide bonds. The third kappa shape index (κ3) is 3.52. The molecule has 0 radical (unpaired) electrons. The number of nitrogens with zero attached hydrogens (tertiary/aromatic N) is 2. The Morgan fingerprint density at radius 2 is 2.20 bits per heavy atom. The van der Waals surface area contributed by atoms with Crippen molar-refractivity contribution in [1.29, 1.82) is 5.26 Å². The molecule has 25 heavy (non-hydrogen) atoms. The summed E-state index contributed by atoms with van der Waals surface area (Å²) < 4.78 is 0. The Kier molecular flexibility index (Phi) is 4.79. The topological polar surface area (TPSA) is 73.2 Å². The number of nitrogens with one attached hydrogen (secondary N) is 1. The van der Waals surface area contributed by atoms with Gasteiger partial charge in [-0.1, -0.05) is 30.3 Å². The van der Waals surface area contributed by atoms with Crippen LogP contribution in [-0.2, 0) is 16.0 Å². The molecule has 5 nitrogen and oxygen atoms in total. The second kappa shape index (κ2) is 6.72. The first kappa shape index (κ1) is 17.8. The SMILES string of the molecule is C[C@](C#N)(CCc1ccccc1)NC(=O)[C@H]1CS[C@]2(C)CCC(=O)N12. The van der Waals surface area contributed by atoms with Gasteiger partial charge in [-0.2, -0.15) is 5.26 Å². The van der Waals surface area contributed by atoms with Crippen molar-refractivity contribution >= 4 is 23.6 Å². The molecule has 1 N–H and O–H groups in total. The van der Waals surface area contributed by atoms with Crippen molar-refractivity contribution in [1.82, 2.24) is 10.2 Å². The molecule has 2 heterocycles. The number of thioether (sulfide) groups is 1. The Balaban J connectivity index is 1.66. The fourth-order valence-corrected chi connectivity index (χ4v) is 4.99. The van der Waals surface area contributed by atoms with Crippen molar-refractivity contribution in [3.8, 4) is 6.07 Å². The third-order valence-electron chi connectivity index (χ3n) is 5.15. The number of benzene rings is 1. The van der Waals surface area contributed by atoms with Crippen molar-refractivity contribution < 1.29 is 9.59 Å². The number of rotatable bonds is 5. The minimum absolute atomic E-state index is 0.0376. The van der Waals surface area contributed by atoms with Crippen LogP contribution in [0, 0.1) is 11.3 Å². The van der Waals surface area contributed by atoms with E-state index < -0.39 is 11.6 Å². The molecule has 2 aliphatic rings. The van der Waals surface area contributed by atoms with Gasteiger partial charge < -0.3 is 10.2 Å². The molecular formula is C19H23N3O2S. The van der Waals surface area contributed by atoms with Gasteiger partial charge in [-0.15, -0.1) is 11.8 Å². The van der Waals surface area contributed by atoms with E-state index in [4.69, 9.17) is 0 Å². The second-order valence-electron chi connectivity index (χ2n) is 7.18. The van der Waals surface area contributed by atoms with Gasteiger partial charge in [0.25, 0.3) is 0 Å². The summed E-state index contributed by atoms with van der Waals surface area (Å²) in [6.07, 6.45) is 2.52. The standard InChI is InChI=1S/C19H23N3O2S/c1-18(13-20,10-8-14-6-4-3-5-7-14)21-17(24)15-12-25-19(2)11-9-16(23)22(15)19/h3-7,15H,8-12H2,1-2H3,(H,21,24)/t15-,18-,19-/m1/s1. The van der Waals surface area contributed by atoms with Crippen molar-refractivity contribution in [2.24, 2.45) is 0 Å². The molecule has 2 fully saturated rings. The maximum absolute atomic E-state index is 12.8. The molecule has 2 saturated heterocycles. The molecule has 6 heteroatoms. The highest BCUT2D eigenvalue weighted by atomic mass is 32.2. The summed E-state index contributed by atoms with van der Waals surface area (Å²) in [4.78, 5) is 26.4. The van der Waals surface area contributed by atoms with Gasteiger partial charge in [-0.05, 0) is 38.7 Å². The fraction of sp³-hybridized carbons (Fsp3) is 0.526. The molecule has 0 spiro atoms. The Hall–Kier alpha value is -2.00. The maximum Gasteiger partial charge on any atom is 0.244 e. The number of aryl methyl sites for hydroxylation is 1. The lowest BCUT2D eigenvalue weighted by Crippen LogP contribution is -2.55. The van der Waals surface area contributed by atoms with E-state index in [1.165, 1.54) is 0 Å². The summed E-state index contributed by atoms with van der Waals surface area (Å²) in [7, 11) is 0. The highest BCUT2D eigenvalue weighted by Crippen LogP contribution is 2.47. The Bertz CT molecular complexity index is 717. The van der Waals surface area contributed by atoms with Gasteiger partial charge in [0.2, 0.25) is 11.8 Å². The number of nitriles is 1. The van der Waals surface area contributed by atoms with E-state index in [2.05, 4.69) is 11.4 Å². The van der Waals surface area contributed by atoms with Crippen molar-refractivity contribution in [3.05, 3.63) is 35.9 Å². The van der Waals surface area contributed by atoms with Crippen molar-refractivity contribution in [2.45, 2.75) is 56.0 Å². The van der Waals surface area contributed by atoms with E-state index in [0.29, 0.717) is 25.0 Å². The van der Waals surface area contributed by atoms with Gasteiger partial charge >= 0.3 is 0 Å². The van der Waals surface area contributed by atoms with Gasteiger partial charge in [0, 0.05) is 12.2 Å². The van der Waals surface area contributed by atoms with Crippen LogP contribution >= 0.6 is 11.8 Å². The molecular weight excluding hydrogens is 334 g/mol. The number of carbonyl (C=O) groups is 2. The van der Waals surface area contributed by atoms with Crippen LogP contribution in [0.4, 0.5) is 0 Å². The first-order valence-electron chi connectivity index (χ1n) is 8.60. The number of hydrogen-bond acceptors (Lipinski definition) is 4. The quantitative estimate of drug-likeness (QED) is 0.879. The first-order chi connectivity index (χ1) is 11.9. The van der Waals surface area contributed by atoms with E-state index in [9.17, 15) is 14.9 Å². The average molecular weight is 357 g/mol. The van der Waals surface area contributed by atoms with Gasteiger partial charge in [-0.25, -0.2) is 0 Å². The fourth-order valence-electron chi connectivity index (χ4n) is 3.56. The molecule has 132 valence electrons. The first-order valence-corrected chi connectivity index (χ1v) is 9.59. The number of carbonyl (C=O) groups excluding carboxylic acids is 2. The van der Waals surface area contributed by atoms with Crippen LogP contribution in [0.2, 0.25) is 0 Å². The molecule has 2 aliphatic heterocycles. The predicted molar refractivity (Wildman–Crippen MR) is 97.7 cm³/mol. The van der Waals surface area contributed by atoms with Gasteiger partial charge in [0.05, 0.1) is 10.9 Å². The molecule has 0 unspecified atom stereocenters. The highest BCUT2D eigenvalue weighted by molar-refractivity contribution is 8.01. The maximum atomic E-state index is 12.8. The Morgan fingerprint density at radius 1 is 1.48 bits per heavy atom. The van der Waals surface area contributed by atoms with Crippen LogP contribution in [0.15, 0.2) is 30.3 Å². The number of hydrogen-bond donors (Lipinski definition) is 1. The number of fused-ring (bicyclic) bond motifs is 1. The van der Waals surface area contributed by atoms with E-state index in [0.717, 1.165) is 12.0 Å². The minimum atomic E-state index is -0.945. The van der Waals surface area contributed by atoms with Gasteiger partial charge in [0.1, 0.15) is 11.6 Å². The third-order valence-corrected chi connectivity index (χ3v) is 6.65. The van der Waals surface area contributed by atoms with Crippen LogP contribution in [0.3, 0.4) is 0 Å². The molecule has 0 aliphatic carbocycles. The largest absolute Gasteiger partial charge is 0.336 e. The van der Waals surface area contributed by atoms with E-state index in [-0.39, 0.29) is 16.7 Å². The minimum Gasteiger partial charge on any atom is -0.336 e. The average Bonchev–Trinajstić information content (AvgIpc) is 3.10. The van der Waals surface area contributed by atoms with E-state index in [1.54, 1.807) is 23.6 Å². The van der Waals surface area contributed by atoms with Crippen LogP contribution < -0.4 is 5.32 Å². The van der Waals surface area contributed by atoms with E-state index in [1.807, 2.05) is 37.3 Å². The molecule has 0 saturated carbocycles. The van der Waals surface area contributed by atoms with Gasteiger partial charge in [0.15, 0.2) is 0 Å². The zero-order valence-electron chi connectivity index (χ0n) is 14.6. The molecule has 1 aromatic carbocycles. The summed E-state index contributed by atoms with van der Waals surface area (Å²) in [5, 5.41) is 12.5. The van der Waals surface area contributed by atoms with Gasteiger partial charge in [-0.3, -0.25) is 9.59 Å². The molecule has 0 bridgehead atoms. The predicted octanol–water partition coefficient (Wildman–Crippen LogP) is 2.47. The summed E-state index contributed by atoms with van der Waals surface area (Å²) in [6, 6.07) is 11.7. The molecule has 3 atom stereocenters. The van der Waals surface area contributed by atoms with E-state index >= 15 is 0 Å². The second-order valence-corrected chi connectivity index (χ2v) is 8.69. The summed E-state index contributed by atoms with van der Waals surface area (Å²) >= 11 is 1.66. The monoisotopic (exact) mass is 357 g/mol. The van der Waals surface area contributed by atoms with Crippen LogP contribution in [0.25, 0.3) is 0 Å². The lowest BCUT2D eigenvalue weighted by atomic mass is 9.94. The van der Waals surface area contributed by atoms with Crippen molar-refractivity contribution in [3.63, 3.8) is 0 Å². The zero-order valence-corrected chi connectivity index (χ0v) is 15.4. The normalized spacial score (nSPS) is 27.5. The van der Waals surface area contributed by atoms with Crippen LogP contribution in [0.1, 0.15) is 38.7 Å². The van der Waals surface area contributed by atoms with Crippen molar-refractivity contribution in [2.75, 3.05) is 5.75 Å². The Labute approximate surface area is 152 Å². The smallest absolute Gasteiger partial charge is 0.244 e. The Morgan fingerprint density at radius 3 is 2.88 bits per heavy atom. The number of amides is 2. The lowest BCUT2D eigenvalue weighted by Gasteiger charge is -2.32. The molecule has 3 rings (SSSR count). The summed E-state index contributed by atoms with van der Waals surface area (Å²) in [5.41, 5.74) is 0.191. The summed E-state index contributed by atoms with van der Waals surface area (Å²) in [6.45, 7) is 3.77. The summed E-state index contributed by atoms with van der Waals surface area (Å²) in [5.74, 6) is 0.410. The van der Waals surface area contributed by atoms with Crippen LogP contribution in [0.5, 0.6) is 0 Å². The molecule has 1 aromatic rings. The molecule has 0 aromatic heterocycles.